The topological polar surface area (TPSA) is 89.0 Å². The number of benzene rings is 3. The number of nitrogens with zero attached hydrogens (tertiary/aromatic N) is 1. The van der Waals surface area contributed by atoms with E-state index < -0.39 is 0 Å². The Morgan fingerprint density at radius 3 is 2.23 bits per heavy atom. The Kier molecular flexibility index (Phi) is 7.31. The summed E-state index contributed by atoms with van der Waals surface area (Å²) in [6.45, 7) is -0.192. The second kappa shape index (κ2) is 10.5. The molecule has 0 aliphatic heterocycles. The van der Waals surface area contributed by atoms with Crippen LogP contribution in [0.3, 0.4) is 0 Å². The minimum absolute atomic E-state index is 0.192. The van der Waals surface area contributed by atoms with Gasteiger partial charge >= 0.3 is 0 Å². The molecule has 0 unspecified atom stereocenters. The predicted molar refractivity (Wildman–Crippen MR) is 115 cm³/mol. The largest absolute Gasteiger partial charge is 0.497 e. The molecule has 158 valence electrons. The molecule has 3 aromatic rings. The Bertz CT molecular complexity index is 1050. The highest BCUT2D eigenvalue weighted by Crippen LogP contribution is 2.13. The molecule has 0 aromatic heterocycles. The quantitative estimate of drug-likeness (QED) is 0.430. The van der Waals surface area contributed by atoms with Crippen LogP contribution in [0.15, 0.2) is 77.9 Å². The van der Waals surface area contributed by atoms with Crippen LogP contribution in [0.5, 0.6) is 11.5 Å². The average molecular weight is 421 g/mol. The van der Waals surface area contributed by atoms with Gasteiger partial charge in [-0.25, -0.2) is 9.82 Å². The van der Waals surface area contributed by atoms with Crippen LogP contribution in [-0.4, -0.2) is 31.7 Å². The van der Waals surface area contributed by atoms with E-state index in [-0.39, 0.29) is 24.2 Å². The Hall–Kier alpha value is -4.20. The molecule has 0 radical (unpaired) electrons. The summed E-state index contributed by atoms with van der Waals surface area (Å²) in [5, 5.41) is 6.54. The summed E-state index contributed by atoms with van der Waals surface area (Å²) in [5.41, 5.74) is 4.13. The average Bonchev–Trinajstić information content (AvgIpc) is 2.80. The SMILES string of the molecule is COc1ccc(C(=O)N/N=C/c2ccc(OCC(=O)Nc3ccc(F)cc3)cc2)cc1. The number of methoxy groups -OCH3 is 1. The van der Waals surface area contributed by atoms with Crippen molar-refractivity contribution in [3.63, 3.8) is 0 Å². The summed E-state index contributed by atoms with van der Waals surface area (Å²) < 4.78 is 23.4. The zero-order valence-corrected chi connectivity index (χ0v) is 16.7. The monoisotopic (exact) mass is 421 g/mol. The first-order valence-electron chi connectivity index (χ1n) is 9.29. The third-order valence-electron chi connectivity index (χ3n) is 4.11. The van der Waals surface area contributed by atoms with E-state index in [4.69, 9.17) is 9.47 Å². The fraction of sp³-hybridized carbons (Fsp3) is 0.0870. The van der Waals surface area contributed by atoms with Gasteiger partial charge < -0.3 is 14.8 Å². The lowest BCUT2D eigenvalue weighted by Gasteiger charge is -2.07. The summed E-state index contributed by atoms with van der Waals surface area (Å²) in [5.74, 6) is 0.0756. The van der Waals surface area contributed by atoms with Gasteiger partial charge in [0.1, 0.15) is 17.3 Å². The maximum absolute atomic E-state index is 12.9. The van der Waals surface area contributed by atoms with E-state index in [1.165, 1.54) is 30.5 Å². The molecule has 0 bridgehead atoms. The van der Waals surface area contributed by atoms with Gasteiger partial charge in [0.25, 0.3) is 11.8 Å². The summed E-state index contributed by atoms with van der Waals surface area (Å²) in [7, 11) is 1.55. The van der Waals surface area contributed by atoms with Crippen molar-refractivity contribution in [3.05, 3.63) is 89.7 Å². The van der Waals surface area contributed by atoms with Crippen LogP contribution >= 0.6 is 0 Å². The van der Waals surface area contributed by atoms with Crippen LogP contribution in [0.25, 0.3) is 0 Å². The van der Waals surface area contributed by atoms with E-state index in [1.807, 2.05) is 0 Å². The van der Waals surface area contributed by atoms with Gasteiger partial charge in [-0.15, -0.1) is 0 Å². The molecule has 3 rings (SSSR count). The molecule has 0 aliphatic rings. The number of rotatable bonds is 8. The molecular formula is C23H20FN3O4. The smallest absolute Gasteiger partial charge is 0.271 e. The maximum Gasteiger partial charge on any atom is 0.271 e. The van der Waals surface area contributed by atoms with Crippen molar-refractivity contribution in [2.75, 3.05) is 19.0 Å². The van der Waals surface area contributed by atoms with E-state index in [9.17, 15) is 14.0 Å². The molecule has 31 heavy (non-hydrogen) atoms. The molecule has 8 heteroatoms. The van der Waals surface area contributed by atoms with Crippen molar-refractivity contribution in [2.24, 2.45) is 5.10 Å². The number of carbonyl (C=O) groups is 2. The lowest BCUT2D eigenvalue weighted by molar-refractivity contribution is -0.118. The van der Waals surface area contributed by atoms with Crippen LogP contribution in [0, 0.1) is 5.82 Å². The number of nitrogens with one attached hydrogen (secondary N) is 2. The van der Waals surface area contributed by atoms with Gasteiger partial charge in [0, 0.05) is 11.3 Å². The lowest BCUT2D eigenvalue weighted by Crippen LogP contribution is -2.20. The molecule has 0 saturated carbocycles. The number of hydrazone groups is 1. The second-order valence-electron chi connectivity index (χ2n) is 6.34. The zero-order valence-electron chi connectivity index (χ0n) is 16.7. The fourth-order valence-corrected chi connectivity index (χ4v) is 2.50. The summed E-state index contributed by atoms with van der Waals surface area (Å²) in [4.78, 5) is 23.9. The molecule has 2 amide bonds. The van der Waals surface area contributed by atoms with Gasteiger partial charge in [-0.05, 0) is 78.4 Å². The number of hydrogen-bond donors (Lipinski definition) is 2. The van der Waals surface area contributed by atoms with Crippen molar-refractivity contribution in [1.82, 2.24) is 5.43 Å². The Labute approximate surface area is 178 Å². The molecule has 7 nitrogen and oxygen atoms in total. The van der Waals surface area contributed by atoms with E-state index in [0.29, 0.717) is 22.7 Å². The van der Waals surface area contributed by atoms with Crippen LogP contribution in [0.1, 0.15) is 15.9 Å². The number of halogens is 1. The van der Waals surface area contributed by atoms with Gasteiger partial charge in [0.2, 0.25) is 0 Å². The molecule has 2 N–H and O–H groups in total. The van der Waals surface area contributed by atoms with Crippen molar-refractivity contribution in [3.8, 4) is 11.5 Å². The van der Waals surface area contributed by atoms with Gasteiger partial charge in [-0.1, -0.05) is 0 Å². The Balaban J connectivity index is 1.45. The van der Waals surface area contributed by atoms with Gasteiger partial charge in [-0.2, -0.15) is 5.10 Å². The standard InChI is InChI=1S/C23H20FN3O4/c1-30-20-12-4-17(5-13-20)23(29)27-25-14-16-2-10-21(11-3-16)31-15-22(28)26-19-8-6-18(24)7-9-19/h2-14H,15H2,1H3,(H,26,28)(H,27,29)/b25-14+. The van der Waals surface area contributed by atoms with Crippen LogP contribution in [0.2, 0.25) is 0 Å². The Morgan fingerprint density at radius 1 is 0.935 bits per heavy atom. The molecular weight excluding hydrogens is 401 g/mol. The normalized spacial score (nSPS) is 10.5. The van der Waals surface area contributed by atoms with E-state index in [2.05, 4.69) is 15.8 Å². The highest BCUT2D eigenvalue weighted by atomic mass is 19.1. The second-order valence-corrected chi connectivity index (χ2v) is 6.34. The van der Waals surface area contributed by atoms with Crippen molar-refractivity contribution >= 4 is 23.7 Å². The van der Waals surface area contributed by atoms with E-state index in [1.54, 1.807) is 55.6 Å². The molecule has 0 fully saturated rings. The predicted octanol–water partition coefficient (Wildman–Crippen LogP) is 3.62. The summed E-state index contributed by atoms with van der Waals surface area (Å²) >= 11 is 0. The first-order valence-corrected chi connectivity index (χ1v) is 9.29. The Morgan fingerprint density at radius 2 is 1.58 bits per heavy atom. The first kappa shape index (κ1) is 21.5. The molecule has 3 aromatic carbocycles. The van der Waals surface area contributed by atoms with Crippen molar-refractivity contribution < 1.29 is 23.5 Å². The van der Waals surface area contributed by atoms with Gasteiger partial charge in [-0.3, -0.25) is 9.59 Å². The number of hydrogen-bond acceptors (Lipinski definition) is 5. The molecule has 0 saturated heterocycles. The lowest BCUT2D eigenvalue weighted by atomic mass is 10.2. The van der Waals surface area contributed by atoms with Crippen LogP contribution < -0.4 is 20.2 Å². The summed E-state index contributed by atoms with van der Waals surface area (Å²) in [6, 6.07) is 18.9. The number of anilines is 1. The summed E-state index contributed by atoms with van der Waals surface area (Å²) in [6.07, 6.45) is 1.49. The fourth-order valence-electron chi connectivity index (χ4n) is 2.50. The molecule has 0 atom stereocenters. The number of carbonyl (C=O) groups excluding carboxylic acids is 2. The maximum atomic E-state index is 12.9. The van der Waals surface area contributed by atoms with Crippen LogP contribution in [-0.2, 0) is 4.79 Å². The van der Waals surface area contributed by atoms with Crippen molar-refractivity contribution in [1.29, 1.82) is 0 Å². The van der Waals surface area contributed by atoms with Crippen LogP contribution in [0.4, 0.5) is 10.1 Å². The number of ether oxygens (including phenoxy) is 2. The zero-order chi connectivity index (χ0) is 22.1. The molecule has 0 aliphatic carbocycles. The molecule has 0 heterocycles. The van der Waals surface area contributed by atoms with Gasteiger partial charge in [0.05, 0.1) is 13.3 Å². The minimum Gasteiger partial charge on any atom is -0.497 e. The van der Waals surface area contributed by atoms with E-state index in [0.717, 1.165) is 5.56 Å². The third-order valence-corrected chi connectivity index (χ3v) is 4.11. The molecule has 0 spiro atoms. The minimum atomic E-state index is -0.377. The highest BCUT2D eigenvalue weighted by molar-refractivity contribution is 5.95. The van der Waals surface area contributed by atoms with E-state index >= 15 is 0 Å². The number of amides is 2. The van der Waals surface area contributed by atoms with Crippen molar-refractivity contribution in [2.45, 2.75) is 0 Å². The third kappa shape index (κ3) is 6.67. The van der Waals surface area contributed by atoms with Gasteiger partial charge in [0.15, 0.2) is 6.61 Å². The first-order chi connectivity index (χ1) is 15.0. The highest BCUT2D eigenvalue weighted by Gasteiger charge is 2.05.